The fraction of sp³-hybridized carbons (Fsp3) is 0.458. The van der Waals surface area contributed by atoms with E-state index in [1.807, 2.05) is 12.1 Å². The molecule has 0 bridgehead atoms. The van der Waals surface area contributed by atoms with Gasteiger partial charge in [-0.2, -0.15) is 0 Å². The SMILES string of the molecule is Cc1ccc2c(c1)c1c(n2CC(O)c2ccncc2)C(C)(C)CN2CCCC12. The number of rotatable bonds is 3. The summed E-state index contributed by atoms with van der Waals surface area (Å²) < 4.78 is 2.41. The third-order valence-corrected chi connectivity index (χ3v) is 6.64. The monoisotopic (exact) mass is 375 g/mol. The summed E-state index contributed by atoms with van der Waals surface area (Å²) in [6, 6.07) is 11.1. The zero-order valence-electron chi connectivity index (χ0n) is 17.0. The molecule has 1 saturated heterocycles. The lowest BCUT2D eigenvalue weighted by Crippen LogP contribution is -2.43. The first-order chi connectivity index (χ1) is 13.5. The smallest absolute Gasteiger partial charge is 0.0970 e. The normalized spacial score (nSPS) is 22.2. The highest BCUT2D eigenvalue weighted by atomic mass is 16.3. The van der Waals surface area contributed by atoms with Crippen LogP contribution in [0.1, 0.15) is 61.2 Å². The summed E-state index contributed by atoms with van der Waals surface area (Å²) in [5.74, 6) is 0. The second kappa shape index (κ2) is 6.43. The molecule has 0 amide bonds. The van der Waals surface area contributed by atoms with Crippen LogP contribution in [-0.4, -0.2) is 32.6 Å². The van der Waals surface area contributed by atoms with E-state index in [-0.39, 0.29) is 5.41 Å². The van der Waals surface area contributed by atoms with Crippen molar-refractivity contribution in [3.05, 3.63) is 65.1 Å². The van der Waals surface area contributed by atoms with E-state index >= 15 is 0 Å². The van der Waals surface area contributed by atoms with Crippen molar-refractivity contribution in [3.8, 4) is 0 Å². The van der Waals surface area contributed by atoms with Crippen LogP contribution < -0.4 is 0 Å². The number of aryl methyl sites for hydroxylation is 1. The zero-order valence-corrected chi connectivity index (χ0v) is 17.0. The lowest BCUT2D eigenvalue weighted by molar-refractivity contribution is 0.146. The maximum atomic E-state index is 11.0. The van der Waals surface area contributed by atoms with Gasteiger partial charge in [0.2, 0.25) is 0 Å². The molecule has 2 unspecified atom stereocenters. The predicted molar refractivity (Wildman–Crippen MR) is 112 cm³/mol. The van der Waals surface area contributed by atoms with E-state index < -0.39 is 6.10 Å². The Morgan fingerprint density at radius 3 is 2.79 bits per heavy atom. The molecule has 5 rings (SSSR count). The Morgan fingerprint density at radius 1 is 1.21 bits per heavy atom. The summed E-state index contributed by atoms with van der Waals surface area (Å²) in [6.07, 6.45) is 5.49. The molecule has 4 heteroatoms. The van der Waals surface area contributed by atoms with Gasteiger partial charge >= 0.3 is 0 Å². The predicted octanol–water partition coefficient (Wildman–Crippen LogP) is 4.51. The van der Waals surface area contributed by atoms with Gasteiger partial charge in [0.05, 0.1) is 12.6 Å². The van der Waals surface area contributed by atoms with E-state index in [1.165, 1.54) is 47.1 Å². The van der Waals surface area contributed by atoms with Gasteiger partial charge < -0.3 is 9.67 Å². The Kier molecular flexibility index (Phi) is 4.11. The molecule has 28 heavy (non-hydrogen) atoms. The number of fused-ring (bicyclic) bond motifs is 5. The minimum absolute atomic E-state index is 0.0566. The number of pyridine rings is 1. The van der Waals surface area contributed by atoms with Crippen LogP contribution in [0.4, 0.5) is 0 Å². The van der Waals surface area contributed by atoms with Crippen LogP contribution in [0.2, 0.25) is 0 Å². The molecule has 0 spiro atoms. The molecule has 4 nitrogen and oxygen atoms in total. The number of aromatic nitrogens is 2. The fourth-order valence-corrected chi connectivity index (χ4v) is 5.54. The molecule has 4 heterocycles. The average molecular weight is 376 g/mol. The van der Waals surface area contributed by atoms with Gasteiger partial charge in [0, 0.05) is 47.0 Å². The third-order valence-electron chi connectivity index (χ3n) is 6.64. The topological polar surface area (TPSA) is 41.3 Å². The Morgan fingerprint density at radius 2 is 2.00 bits per heavy atom. The van der Waals surface area contributed by atoms with Gasteiger partial charge in [0.15, 0.2) is 0 Å². The van der Waals surface area contributed by atoms with Crippen molar-refractivity contribution in [1.82, 2.24) is 14.5 Å². The number of benzene rings is 1. The number of aliphatic hydroxyl groups is 1. The highest BCUT2D eigenvalue weighted by Crippen LogP contribution is 2.49. The van der Waals surface area contributed by atoms with Crippen LogP contribution in [0.5, 0.6) is 0 Å². The first-order valence-corrected chi connectivity index (χ1v) is 10.4. The Bertz CT molecular complexity index is 1020. The van der Waals surface area contributed by atoms with Gasteiger partial charge in [-0.05, 0) is 61.7 Å². The number of aliphatic hydroxyl groups excluding tert-OH is 1. The highest BCUT2D eigenvalue weighted by Gasteiger charge is 2.43. The molecule has 2 atom stereocenters. The number of hydrogen-bond acceptors (Lipinski definition) is 3. The van der Waals surface area contributed by atoms with Crippen molar-refractivity contribution in [1.29, 1.82) is 0 Å². The van der Waals surface area contributed by atoms with E-state index in [0.29, 0.717) is 12.6 Å². The maximum Gasteiger partial charge on any atom is 0.0970 e. The quantitative estimate of drug-likeness (QED) is 0.732. The summed E-state index contributed by atoms with van der Waals surface area (Å²) in [5.41, 5.74) is 6.47. The number of nitrogens with zero attached hydrogens (tertiary/aromatic N) is 3. The van der Waals surface area contributed by atoms with Crippen molar-refractivity contribution in [3.63, 3.8) is 0 Å². The summed E-state index contributed by atoms with van der Waals surface area (Å²) >= 11 is 0. The van der Waals surface area contributed by atoms with Gasteiger partial charge in [-0.3, -0.25) is 9.88 Å². The van der Waals surface area contributed by atoms with Crippen LogP contribution in [0, 0.1) is 6.92 Å². The lowest BCUT2D eigenvalue weighted by Gasteiger charge is -2.41. The lowest BCUT2D eigenvalue weighted by atomic mass is 9.79. The van der Waals surface area contributed by atoms with Crippen molar-refractivity contribution in [2.45, 2.75) is 57.7 Å². The van der Waals surface area contributed by atoms with E-state index in [9.17, 15) is 5.11 Å². The largest absolute Gasteiger partial charge is 0.387 e. The van der Waals surface area contributed by atoms with E-state index in [0.717, 1.165) is 12.1 Å². The van der Waals surface area contributed by atoms with E-state index in [1.54, 1.807) is 12.4 Å². The Labute approximate surface area is 166 Å². The summed E-state index contributed by atoms with van der Waals surface area (Å²) in [5, 5.41) is 12.4. The molecule has 2 aromatic heterocycles. The molecule has 1 N–H and O–H groups in total. The Hall–Kier alpha value is -2.17. The van der Waals surface area contributed by atoms with Crippen molar-refractivity contribution >= 4 is 10.9 Å². The Balaban J connectivity index is 1.71. The molecule has 3 aromatic rings. The molecule has 0 aliphatic carbocycles. The van der Waals surface area contributed by atoms with Crippen molar-refractivity contribution in [2.75, 3.05) is 13.1 Å². The fourth-order valence-electron chi connectivity index (χ4n) is 5.54. The van der Waals surface area contributed by atoms with Gasteiger partial charge in [0.1, 0.15) is 0 Å². The molecule has 1 fully saturated rings. The summed E-state index contributed by atoms with van der Waals surface area (Å²) in [4.78, 5) is 6.76. The van der Waals surface area contributed by atoms with Gasteiger partial charge in [-0.25, -0.2) is 0 Å². The van der Waals surface area contributed by atoms with Crippen LogP contribution in [-0.2, 0) is 12.0 Å². The van der Waals surface area contributed by atoms with Crippen LogP contribution >= 0.6 is 0 Å². The third kappa shape index (κ3) is 2.70. The maximum absolute atomic E-state index is 11.0. The van der Waals surface area contributed by atoms with Crippen LogP contribution in [0.15, 0.2) is 42.7 Å². The van der Waals surface area contributed by atoms with Crippen molar-refractivity contribution in [2.24, 2.45) is 0 Å². The highest BCUT2D eigenvalue weighted by molar-refractivity contribution is 5.87. The summed E-state index contributed by atoms with van der Waals surface area (Å²) in [6.45, 7) is 9.77. The van der Waals surface area contributed by atoms with Crippen molar-refractivity contribution < 1.29 is 5.11 Å². The minimum atomic E-state index is -0.540. The molecular formula is C24H29N3O. The van der Waals surface area contributed by atoms with Gasteiger partial charge in [-0.15, -0.1) is 0 Å². The minimum Gasteiger partial charge on any atom is -0.387 e. The van der Waals surface area contributed by atoms with Gasteiger partial charge in [0.25, 0.3) is 0 Å². The standard InChI is InChI=1S/C24H29N3O/c1-16-6-7-19-18(13-16)22-20-5-4-12-26(20)15-24(2,3)23(22)27(19)14-21(28)17-8-10-25-11-9-17/h6-11,13,20-21,28H,4-5,12,14-15H2,1-3H3. The van der Waals surface area contributed by atoms with E-state index in [4.69, 9.17) is 0 Å². The van der Waals surface area contributed by atoms with E-state index in [2.05, 4.69) is 53.4 Å². The first kappa shape index (κ1) is 17.9. The molecule has 0 radical (unpaired) electrons. The molecule has 2 aliphatic rings. The number of hydrogen-bond donors (Lipinski definition) is 1. The average Bonchev–Trinajstić information content (AvgIpc) is 3.24. The van der Waals surface area contributed by atoms with Crippen LogP contribution in [0.25, 0.3) is 10.9 Å². The first-order valence-electron chi connectivity index (χ1n) is 10.4. The molecular weight excluding hydrogens is 346 g/mol. The molecule has 0 saturated carbocycles. The molecule has 146 valence electrons. The summed E-state index contributed by atoms with van der Waals surface area (Å²) in [7, 11) is 0. The molecule has 1 aromatic carbocycles. The van der Waals surface area contributed by atoms with Gasteiger partial charge in [-0.1, -0.05) is 25.5 Å². The zero-order chi connectivity index (χ0) is 19.5. The molecule has 2 aliphatic heterocycles. The second-order valence-corrected chi connectivity index (χ2v) is 9.20. The second-order valence-electron chi connectivity index (χ2n) is 9.20. The van der Waals surface area contributed by atoms with Crippen LogP contribution in [0.3, 0.4) is 0 Å².